The summed E-state index contributed by atoms with van der Waals surface area (Å²) in [5.74, 6) is 0. The number of hydrogen-bond donors (Lipinski definition) is 2. The van der Waals surface area contributed by atoms with Crippen LogP contribution in [0.2, 0.25) is 0 Å². The molecule has 0 aliphatic heterocycles. The molecule has 1 aromatic carbocycles. The first-order chi connectivity index (χ1) is 8.55. The van der Waals surface area contributed by atoms with Crippen molar-refractivity contribution in [2.24, 2.45) is 5.73 Å². The summed E-state index contributed by atoms with van der Waals surface area (Å²) in [7, 11) is -3.41. The van der Waals surface area contributed by atoms with Crippen LogP contribution in [0.1, 0.15) is 37.8 Å². The lowest BCUT2D eigenvalue weighted by Gasteiger charge is -2.11. The number of hydrogen-bond acceptors (Lipinski definition) is 3. The van der Waals surface area contributed by atoms with Gasteiger partial charge in [0.05, 0.1) is 4.90 Å². The van der Waals surface area contributed by atoms with Gasteiger partial charge in [0.1, 0.15) is 0 Å². The molecule has 0 radical (unpaired) electrons. The maximum absolute atomic E-state index is 12.2. The predicted octanol–water partition coefficient (Wildman–Crippen LogP) is 1.79. The number of sulfonamides is 1. The van der Waals surface area contributed by atoms with Gasteiger partial charge in [-0.1, -0.05) is 32.4 Å². The van der Waals surface area contributed by atoms with E-state index in [-0.39, 0.29) is 0 Å². The molecular weight excluding hydrogens is 248 g/mol. The second-order valence-electron chi connectivity index (χ2n) is 4.25. The van der Waals surface area contributed by atoms with E-state index in [4.69, 9.17) is 5.73 Å². The van der Waals surface area contributed by atoms with Gasteiger partial charge < -0.3 is 5.73 Å². The molecule has 0 unspecified atom stereocenters. The fourth-order valence-electron chi connectivity index (χ4n) is 1.73. The third-order valence-corrected chi connectivity index (χ3v) is 4.40. The number of unbranched alkanes of at least 4 members (excludes halogenated alkanes) is 1. The molecule has 0 spiro atoms. The fraction of sp³-hybridized carbons (Fsp3) is 0.538. The van der Waals surface area contributed by atoms with Crippen molar-refractivity contribution >= 4 is 10.0 Å². The largest absolute Gasteiger partial charge is 0.326 e. The van der Waals surface area contributed by atoms with Gasteiger partial charge in [-0.25, -0.2) is 13.1 Å². The highest BCUT2D eigenvalue weighted by molar-refractivity contribution is 7.89. The molecule has 0 saturated heterocycles. The highest BCUT2D eigenvalue weighted by Gasteiger charge is 2.17. The number of aryl methyl sites for hydroxylation is 1. The van der Waals surface area contributed by atoms with Crippen molar-refractivity contribution in [1.82, 2.24) is 4.72 Å². The molecule has 102 valence electrons. The van der Waals surface area contributed by atoms with E-state index >= 15 is 0 Å². The molecule has 3 N–H and O–H groups in total. The van der Waals surface area contributed by atoms with E-state index in [0.717, 1.165) is 24.0 Å². The molecule has 0 aliphatic rings. The second-order valence-corrected chi connectivity index (χ2v) is 5.99. The van der Waals surface area contributed by atoms with E-state index in [9.17, 15) is 8.42 Å². The number of benzene rings is 1. The van der Waals surface area contributed by atoms with Crippen molar-refractivity contribution in [2.45, 2.75) is 44.6 Å². The molecular formula is C13H22N2O2S. The molecule has 0 saturated carbocycles. The zero-order valence-electron chi connectivity index (χ0n) is 11.1. The quantitative estimate of drug-likeness (QED) is 0.742. The molecule has 0 amide bonds. The van der Waals surface area contributed by atoms with Crippen LogP contribution in [0, 0.1) is 0 Å². The molecule has 0 aliphatic carbocycles. The Labute approximate surface area is 110 Å². The summed E-state index contributed by atoms with van der Waals surface area (Å²) < 4.78 is 27.0. The van der Waals surface area contributed by atoms with Crippen molar-refractivity contribution in [3.8, 4) is 0 Å². The monoisotopic (exact) mass is 270 g/mol. The summed E-state index contributed by atoms with van der Waals surface area (Å²) in [6.07, 6.45) is 2.50. The van der Waals surface area contributed by atoms with E-state index in [2.05, 4.69) is 4.72 Å². The Bertz CT molecular complexity index is 484. The summed E-state index contributed by atoms with van der Waals surface area (Å²) in [6.45, 7) is 4.81. The summed E-state index contributed by atoms with van der Waals surface area (Å²) >= 11 is 0. The fourth-order valence-corrected chi connectivity index (χ4v) is 3.16. The smallest absolute Gasteiger partial charge is 0.240 e. The van der Waals surface area contributed by atoms with Gasteiger partial charge in [-0.15, -0.1) is 0 Å². The number of nitrogens with two attached hydrogens (primary N) is 1. The van der Waals surface area contributed by atoms with Crippen LogP contribution in [-0.4, -0.2) is 15.0 Å². The first-order valence-electron chi connectivity index (χ1n) is 6.36. The molecule has 0 atom stereocenters. The van der Waals surface area contributed by atoms with Gasteiger partial charge in [-0.2, -0.15) is 0 Å². The highest BCUT2D eigenvalue weighted by atomic mass is 32.2. The number of rotatable bonds is 7. The predicted molar refractivity (Wildman–Crippen MR) is 73.8 cm³/mol. The van der Waals surface area contributed by atoms with Gasteiger partial charge in [0, 0.05) is 13.1 Å². The Kier molecular flexibility index (Phi) is 5.78. The molecule has 1 rings (SSSR count). The van der Waals surface area contributed by atoms with Crippen molar-refractivity contribution in [2.75, 3.05) is 6.54 Å². The van der Waals surface area contributed by atoms with E-state index in [1.807, 2.05) is 26.0 Å². The molecule has 1 aromatic rings. The lowest BCUT2D eigenvalue weighted by Crippen LogP contribution is -2.26. The molecule has 0 aromatic heterocycles. The van der Waals surface area contributed by atoms with Crippen LogP contribution in [0.15, 0.2) is 23.1 Å². The Morgan fingerprint density at radius 2 is 2.00 bits per heavy atom. The second kappa shape index (κ2) is 6.87. The Morgan fingerprint density at radius 1 is 1.28 bits per heavy atom. The molecule has 5 heteroatoms. The van der Waals surface area contributed by atoms with Crippen LogP contribution in [0.3, 0.4) is 0 Å². The highest BCUT2D eigenvalue weighted by Crippen LogP contribution is 2.18. The molecule has 18 heavy (non-hydrogen) atoms. The summed E-state index contributed by atoms with van der Waals surface area (Å²) in [5.41, 5.74) is 7.23. The first-order valence-corrected chi connectivity index (χ1v) is 7.85. The van der Waals surface area contributed by atoms with Gasteiger partial charge in [0.15, 0.2) is 0 Å². The lowest BCUT2D eigenvalue weighted by molar-refractivity contribution is 0.577. The van der Waals surface area contributed by atoms with Crippen LogP contribution in [-0.2, 0) is 23.0 Å². The van der Waals surface area contributed by atoms with Crippen LogP contribution >= 0.6 is 0 Å². The van der Waals surface area contributed by atoms with Gasteiger partial charge in [-0.05, 0) is 30.0 Å². The van der Waals surface area contributed by atoms with E-state index in [1.165, 1.54) is 0 Å². The summed E-state index contributed by atoms with van der Waals surface area (Å²) in [4.78, 5) is 0.365. The van der Waals surface area contributed by atoms with Crippen molar-refractivity contribution in [3.63, 3.8) is 0 Å². The summed E-state index contributed by atoms with van der Waals surface area (Å²) in [5, 5.41) is 0. The standard InChI is InChI=1S/C13H22N2O2S/c1-3-5-8-15-18(16,17)13-9-11(10-14)6-7-12(13)4-2/h6-7,9,15H,3-5,8,10,14H2,1-2H3. The zero-order chi connectivity index (χ0) is 13.6. The molecule has 0 fully saturated rings. The minimum Gasteiger partial charge on any atom is -0.326 e. The molecule has 0 heterocycles. The SMILES string of the molecule is CCCCNS(=O)(=O)c1cc(CN)ccc1CC. The van der Waals surface area contributed by atoms with Crippen molar-refractivity contribution in [1.29, 1.82) is 0 Å². The summed E-state index contributed by atoms with van der Waals surface area (Å²) in [6, 6.07) is 5.40. The zero-order valence-corrected chi connectivity index (χ0v) is 11.9. The van der Waals surface area contributed by atoms with Gasteiger partial charge in [0.2, 0.25) is 10.0 Å². The van der Waals surface area contributed by atoms with Crippen LogP contribution < -0.4 is 10.5 Å². The van der Waals surface area contributed by atoms with Gasteiger partial charge in [-0.3, -0.25) is 0 Å². The van der Waals surface area contributed by atoms with E-state index < -0.39 is 10.0 Å². The van der Waals surface area contributed by atoms with Crippen molar-refractivity contribution < 1.29 is 8.42 Å². The van der Waals surface area contributed by atoms with E-state index in [0.29, 0.717) is 24.4 Å². The first kappa shape index (κ1) is 15.1. The van der Waals surface area contributed by atoms with E-state index in [1.54, 1.807) is 6.07 Å². The maximum Gasteiger partial charge on any atom is 0.240 e. The van der Waals surface area contributed by atoms with Crippen molar-refractivity contribution in [3.05, 3.63) is 29.3 Å². The van der Waals surface area contributed by atoms with Crippen LogP contribution in [0.4, 0.5) is 0 Å². The minimum absolute atomic E-state index is 0.349. The maximum atomic E-state index is 12.2. The third-order valence-electron chi connectivity index (χ3n) is 2.86. The Balaban J connectivity index is 3.05. The average molecular weight is 270 g/mol. The molecule has 4 nitrogen and oxygen atoms in total. The topological polar surface area (TPSA) is 72.2 Å². The normalized spacial score (nSPS) is 11.7. The minimum atomic E-state index is -3.41. The van der Waals surface area contributed by atoms with Crippen LogP contribution in [0.25, 0.3) is 0 Å². The lowest BCUT2D eigenvalue weighted by atomic mass is 10.1. The Hall–Kier alpha value is -0.910. The molecule has 0 bridgehead atoms. The average Bonchev–Trinajstić information content (AvgIpc) is 2.38. The van der Waals surface area contributed by atoms with Crippen LogP contribution in [0.5, 0.6) is 0 Å². The van der Waals surface area contributed by atoms with Gasteiger partial charge in [0.25, 0.3) is 0 Å². The van der Waals surface area contributed by atoms with Gasteiger partial charge >= 0.3 is 0 Å². The Morgan fingerprint density at radius 3 is 2.56 bits per heavy atom. The third kappa shape index (κ3) is 3.80. The number of nitrogens with one attached hydrogen (secondary N) is 1.